The summed E-state index contributed by atoms with van der Waals surface area (Å²) in [5, 5.41) is 0. The number of methoxy groups -OCH3 is 1. The molecule has 0 spiro atoms. The summed E-state index contributed by atoms with van der Waals surface area (Å²) in [7, 11) is 1.73. The summed E-state index contributed by atoms with van der Waals surface area (Å²) in [6.45, 7) is 10.7. The van der Waals surface area contributed by atoms with Crippen LogP contribution < -0.4 is 4.74 Å². The van der Waals surface area contributed by atoms with Crippen LogP contribution in [0.4, 0.5) is 0 Å². The molecule has 176 valence electrons. The van der Waals surface area contributed by atoms with E-state index in [2.05, 4.69) is 40.8 Å². The van der Waals surface area contributed by atoms with Crippen molar-refractivity contribution in [2.45, 2.75) is 40.2 Å². The number of carbonyl (C=O) groups is 1. The summed E-state index contributed by atoms with van der Waals surface area (Å²) in [5.74, 6) is 2.48. The molecular weight excluding hydrogens is 414 g/mol. The number of nitrogens with zero attached hydrogens (tertiary/aromatic N) is 5. The Morgan fingerprint density at radius 1 is 1.21 bits per heavy atom. The van der Waals surface area contributed by atoms with Gasteiger partial charge in [-0.15, -0.1) is 0 Å². The van der Waals surface area contributed by atoms with Crippen LogP contribution in [0.2, 0.25) is 0 Å². The minimum absolute atomic E-state index is 0.0538. The van der Waals surface area contributed by atoms with Gasteiger partial charge in [0, 0.05) is 37.6 Å². The van der Waals surface area contributed by atoms with E-state index in [1.165, 1.54) is 5.56 Å². The van der Waals surface area contributed by atoms with Crippen LogP contribution in [0.25, 0.3) is 5.78 Å². The molecule has 1 aromatic carbocycles. The van der Waals surface area contributed by atoms with E-state index in [4.69, 9.17) is 4.74 Å². The molecule has 7 nitrogen and oxygen atoms in total. The molecular formula is C26H35N5O2. The van der Waals surface area contributed by atoms with Gasteiger partial charge in [0.05, 0.1) is 12.8 Å². The van der Waals surface area contributed by atoms with Gasteiger partial charge in [-0.25, -0.2) is 9.97 Å². The summed E-state index contributed by atoms with van der Waals surface area (Å²) in [5.41, 5.74) is 2.60. The number of fused-ring (bicyclic) bond motifs is 1. The number of benzene rings is 1. The zero-order chi connectivity index (χ0) is 23.4. The minimum Gasteiger partial charge on any atom is -0.496 e. The number of ether oxygens (including phenoxy) is 1. The molecule has 0 atom stereocenters. The molecule has 2 aromatic heterocycles. The molecule has 0 N–H and O–H groups in total. The molecule has 0 saturated carbocycles. The van der Waals surface area contributed by atoms with Crippen LogP contribution in [-0.4, -0.2) is 63.4 Å². The first-order valence-electron chi connectivity index (χ1n) is 11.9. The van der Waals surface area contributed by atoms with Crippen molar-refractivity contribution in [2.24, 2.45) is 11.8 Å². The Morgan fingerprint density at radius 2 is 1.97 bits per heavy atom. The molecule has 3 aromatic rings. The Bertz CT molecular complexity index is 1090. The molecule has 0 unspecified atom stereocenters. The third-order valence-electron chi connectivity index (χ3n) is 6.43. The van der Waals surface area contributed by atoms with Gasteiger partial charge in [0.15, 0.2) is 0 Å². The van der Waals surface area contributed by atoms with Crippen LogP contribution in [0.1, 0.15) is 48.4 Å². The van der Waals surface area contributed by atoms with Crippen molar-refractivity contribution in [3.05, 3.63) is 59.7 Å². The average molecular weight is 450 g/mol. The first-order valence-corrected chi connectivity index (χ1v) is 11.9. The smallest absolute Gasteiger partial charge is 0.272 e. The summed E-state index contributed by atoms with van der Waals surface area (Å²) in [6, 6.07) is 10.1. The Hall–Kier alpha value is -2.93. The van der Waals surface area contributed by atoms with Crippen molar-refractivity contribution in [3.63, 3.8) is 0 Å². The Labute approximate surface area is 196 Å². The molecule has 1 amide bonds. The van der Waals surface area contributed by atoms with Crippen LogP contribution in [0, 0.1) is 18.8 Å². The number of hydrogen-bond donors (Lipinski definition) is 0. The molecule has 1 aliphatic heterocycles. The number of carbonyl (C=O) groups excluding carboxylic acids is 1. The molecule has 1 fully saturated rings. The maximum absolute atomic E-state index is 13.6. The minimum atomic E-state index is 0.0538. The quantitative estimate of drug-likeness (QED) is 0.519. The third kappa shape index (κ3) is 5.36. The predicted molar refractivity (Wildman–Crippen MR) is 129 cm³/mol. The highest BCUT2D eigenvalue weighted by atomic mass is 16.5. The van der Waals surface area contributed by atoms with Gasteiger partial charge < -0.3 is 9.64 Å². The first kappa shape index (κ1) is 23.2. The SMILES string of the molecule is COc1ccccc1CN1CCC(CN(CC(C)C)C(=O)c2c(C)nc3ncccn23)CC1. The second kappa shape index (κ2) is 10.3. The molecule has 1 aliphatic rings. The maximum atomic E-state index is 13.6. The molecule has 7 heteroatoms. The zero-order valence-corrected chi connectivity index (χ0v) is 20.2. The van der Waals surface area contributed by atoms with Gasteiger partial charge in [-0.1, -0.05) is 32.0 Å². The molecule has 0 bridgehead atoms. The average Bonchev–Trinajstić information content (AvgIpc) is 3.15. The van der Waals surface area contributed by atoms with Gasteiger partial charge in [-0.2, -0.15) is 0 Å². The van der Waals surface area contributed by atoms with Crippen molar-refractivity contribution in [1.82, 2.24) is 24.2 Å². The molecule has 1 saturated heterocycles. The number of amides is 1. The summed E-state index contributed by atoms with van der Waals surface area (Å²) in [6.07, 6.45) is 5.76. The van der Waals surface area contributed by atoms with Crippen molar-refractivity contribution >= 4 is 11.7 Å². The fraction of sp³-hybridized carbons (Fsp3) is 0.500. The normalized spacial score (nSPS) is 15.3. The van der Waals surface area contributed by atoms with Crippen molar-refractivity contribution in [1.29, 1.82) is 0 Å². The number of aryl methyl sites for hydroxylation is 1. The van der Waals surface area contributed by atoms with E-state index in [1.54, 1.807) is 13.3 Å². The standard InChI is InChI=1S/C26H35N5O2/c1-19(2)16-30(25(32)24-20(3)28-26-27-12-7-13-31(24)26)17-21-10-14-29(15-11-21)18-22-8-5-6-9-23(22)33-4/h5-9,12-13,19,21H,10-11,14-18H2,1-4H3. The van der Waals surface area contributed by atoms with Crippen LogP contribution in [0.5, 0.6) is 5.75 Å². The zero-order valence-electron chi connectivity index (χ0n) is 20.2. The highest BCUT2D eigenvalue weighted by Gasteiger charge is 2.28. The van der Waals surface area contributed by atoms with E-state index in [9.17, 15) is 4.79 Å². The number of para-hydroxylation sites is 1. The number of aromatic nitrogens is 3. The van der Waals surface area contributed by atoms with E-state index in [1.807, 2.05) is 40.6 Å². The molecule has 3 heterocycles. The number of rotatable bonds is 8. The van der Waals surface area contributed by atoms with Gasteiger partial charge >= 0.3 is 0 Å². The summed E-state index contributed by atoms with van der Waals surface area (Å²) >= 11 is 0. The summed E-state index contributed by atoms with van der Waals surface area (Å²) < 4.78 is 7.34. The van der Waals surface area contributed by atoms with E-state index in [0.717, 1.165) is 57.0 Å². The molecule has 4 rings (SSSR count). The second-order valence-corrected chi connectivity index (χ2v) is 9.47. The van der Waals surface area contributed by atoms with Gasteiger partial charge in [0.25, 0.3) is 5.91 Å². The van der Waals surface area contributed by atoms with E-state index < -0.39 is 0 Å². The van der Waals surface area contributed by atoms with E-state index >= 15 is 0 Å². The lowest BCUT2D eigenvalue weighted by atomic mass is 9.95. The lowest BCUT2D eigenvalue weighted by Gasteiger charge is -2.35. The predicted octanol–water partition coefficient (Wildman–Crippen LogP) is 4.06. The number of hydrogen-bond acceptors (Lipinski definition) is 5. The van der Waals surface area contributed by atoms with Crippen molar-refractivity contribution in [3.8, 4) is 5.75 Å². The molecule has 0 aliphatic carbocycles. The first-order chi connectivity index (χ1) is 16.0. The Kier molecular flexibility index (Phi) is 7.28. The van der Waals surface area contributed by atoms with E-state index in [0.29, 0.717) is 23.3 Å². The lowest BCUT2D eigenvalue weighted by Crippen LogP contribution is -2.42. The number of piperidine rings is 1. The van der Waals surface area contributed by atoms with Gasteiger partial charge in [0.2, 0.25) is 5.78 Å². The number of imidazole rings is 1. The fourth-order valence-electron chi connectivity index (χ4n) is 4.80. The van der Waals surface area contributed by atoms with Crippen LogP contribution >= 0.6 is 0 Å². The van der Waals surface area contributed by atoms with Crippen molar-refractivity contribution < 1.29 is 9.53 Å². The lowest BCUT2D eigenvalue weighted by molar-refractivity contribution is 0.0655. The van der Waals surface area contributed by atoms with Gasteiger partial charge in [-0.05, 0) is 56.8 Å². The Morgan fingerprint density at radius 3 is 2.70 bits per heavy atom. The van der Waals surface area contributed by atoms with Crippen LogP contribution in [-0.2, 0) is 6.54 Å². The highest BCUT2D eigenvalue weighted by Crippen LogP contribution is 2.25. The molecule has 33 heavy (non-hydrogen) atoms. The van der Waals surface area contributed by atoms with Crippen LogP contribution in [0.15, 0.2) is 42.7 Å². The topological polar surface area (TPSA) is 63.0 Å². The molecule has 0 radical (unpaired) electrons. The fourth-order valence-corrected chi connectivity index (χ4v) is 4.80. The van der Waals surface area contributed by atoms with Gasteiger partial charge in [-0.3, -0.25) is 14.1 Å². The number of likely N-dealkylation sites (tertiary alicyclic amines) is 1. The van der Waals surface area contributed by atoms with Crippen LogP contribution in [0.3, 0.4) is 0 Å². The maximum Gasteiger partial charge on any atom is 0.272 e. The van der Waals surface area contributed by atoms with Crippen molar-refractivity contribution in [2.75, 3.05) is 33.3 Å². The second-order valence-electron chi connectivity index (χ2n) is 9.47. The highest BCUT2D eigenvalue weighted by molar-refractivity contribution is 5.94. The largest absolute Gasteiger partial charge is 0.496 e. The van der Waals surface area contributed by atoms with E-state index in [-0.39, 0.29) is 5.91 Å². The third-order valence-corrected chi connectivity index (χ3v) is 6.43. The monoisotopic (exact) mass is 449 g/mol. The Balaban J connectivity index is 1.42. The van der Waals surface area contributed by atoms with Gasteiger partial charge in [0.1, 0.15) is 11.4 Å². The summed E-state index contributed by atoms with van der Waals surface area (Å²) in [4.78, 5) is 27.0.